The number of aliphatic hydroxyl groups is 1. The van der Waals surface area contributed by atoms with Crippen molar-refractivity contribution >= 4 is 57.6 Å². The molecule has 62 heavy (non-hydrogen) atoms. The molecule has 4 aromatic rings. The van der Waals surface area contributed by atoms with Gasteiger partial charge in [-0.3, -0.25) is 0 Å². The van der Waals surface area contributed by atoms with Gasteiger partial charge in [-0.25, -0.2) is 4.79 Å². The number of cyclic esters (lactones) is 1. The van der Waals surface area contributed by atoms with E-state index >= 15 is 0 Å². The Balaban J connectivity index is 1.46. The van der Waals surface area contributed by atoms with E-state index in [0.29, 0.717) is 6.61 Å². The number of nitrogens with zero attached hydrogens (tertiary/aromatic N) is 1. The highest BCUT2D eigenvalue weighted by atomic mass is 28.4. The number of benzene rings is 4. The van der Waals surface area contributed by atoms with E-state index in [0.717, 1.165) is 26.8 Å². The first-order valence-corrected chi connectivity index (χ1v) is 29.2. The minimum absolute atomic E-state index is 0.0280. The fourth-order valence-electron chi connectivity index (χ4n) is 9.04. The van der Waals surface area contributed by atoms with Gasteiger partial charge in [0.2, 0.25) is 5.60 Å². The van der Waals surface area contributed by atoms with E-state index in [9.17, 15) is 9.90 Å². The highest BCUT2D eigenvalue weighted by Crippen LogP contribution is 2.50. The summed E-state index contributed by atoms with van der Waals surface area (Å²) in [6, 6.07) is 41.5. The zero-order valence-corrected chi connectivity index (χ0v) is 41.5. The molecule has 10 nitrogen and oxygen atoms in total. The molecule has 0 saturated carbocycles. The van der Waals surface area contributed by atoms with Gasteiger partial charge in [0.05, 0.1) is 19.4 Å². The Hall–Kier alpha value is -3.77. The smallest absolute Gasteiger partial charge is 0.354 e. The highest BCUT2D eigenvalue weighted by molar-refractivity contribution is 7.00. The molecule has 0 amide bonds. The van der Waals surface area contributed by atoms with Crippen LogP contribution in [-0.4, -0.2) is 97.8 Å². The molecule has 2 fully saturated rings. The predicted molar refractivity (Wildman–Crippen MR) is 253 cm³/mol. The van der Waals surface area contributed by atoms with Gasteiger partial charge in [-0.1, -0.05) is 183 Å². The quantitative estimate of drug-likeness (QED) is 0.0299. The van der Waals surface area contributed by atoms with Gasteiger partial charge in [0.25, 0.3) is 8.32 Å². The molecule has 0 aromatic heterocycles. The van der Waals surface area contributed by atoms with E-state index in [1.54, 1.807) is 13.8 Å². The van der Waals surface area contributed by atoms with E-state index in [1.807, 2.05) is 72.8 Å². The van der Waals surface area contributed by atoms with Gasteiger partial charge in [0, 0.05) is 19.7 Å². The Morgan fingerprint density at radius 3 is 1.56 bits per heavy atom. The molecular weight excluding hydrogens is 831 g/mol. The summed E-state index contributed by atoms with van der Waals surface area (Å²) in [4.78, 5) is 14.8. The Morgan fingerprint density at radius 2 is 1.13 bits per heavy atom. The molecule has 4 aromatic carbocycles. The fourth-order valence-corrected chi connectivity index (χ4v) is 18.4. The summed E-state index contributed by atoms with van der Waals surface area (Å²) >= 11 is 0. The molecule has 13 heteroatoms. The first-order valence-electron chi connectivity index (χ1n) is 21.7. The summed E-state index contributed by atoms with van der Waals surface area (Å²) in [5, 5.41) is 21.5. The van der Waals surface area contributed by atoms with E-state index in [1.165, 1.54) is 6.21 Å². The highest BCUT2D eigenvalue weighted by Gasteiger charge is 2.77. The standard InChI is InChI=1S/C49H67NO9Si3/c1-45(2,3)61(38-24-16-12-17-25-38,39-26-18-13-19-27-39)55-35-42-48(52,36-50-59-62(46(4,5)6,40-28-20-14-21-29-40)41-30-22-15-23-31-41)49(44(51)56-42)43(57-47(7,8)58-49)34-54-37-53-32-33-60(9,10)11/h12-31,36,42-43,52H,32-35,37H2,1-11H3/b50-36+/t42-,43-,48+,49+/m1/s1. The molecule has 0 bridgehead atoms. The van der Waals surface area contributed by atoms with Gasteiger partial charge in [0.15, 0.2) is 17.5 Å². The maximum absolute atomic E-state index is 14.8. The largest absolute Gasteiger partial charge is 0.454 e. The predicted octanol–water partition coefficient (Wildman–Crippen LogP) is 7.00. The molecule has 2 heterocycles. The van der Waals surface area contributed by atoms with Crippen molar-refractivity contribution in [1.82, 2.24) is 0 Å². The molecule has 2 aliphatic heterocycles. The summed E-state index contributed by atoms with van der Waals surface area (Å²) in [5.74, 6) is -2.15. The van der Waals surface area contributed by atoms with Gasteiger partial charge in [-0.2, -0.15) is 0 Å². The first kappa shape index (κ1) is 47.7. The Kier molecular flexibility index (Phi) is 14.1. The number of rotatable bonds is 17. The molecule has 0 radical (unpaired) electrons. The number of esters is 1. The van der Waals surface area contributed by atoms with Crippen LogP contribution in [0, 0.1) is 0 Å². The third-order valence-corrected chi connectivity index (χ3v) is 23.6. The lowest BCUT2D eigenvalue weighted by molar-refractivity contribution is -0.193. The second-order valence-corrected chi connectivity index (χ2v) is 34.4. The summed E-state index contributed by atoms with van der Waals surface area (Å²) < 4.78 is 45.6. The van der Waals surface area contributed by atoms with Crippen LogP contribution < -0.4 is 20.7 Å². The second-order valence-electron chi connectivity index (χ2n) is 20.2. The molecule has 4 atom stereocenters. The SMILES string of the molecule is CC1(C)O[C@H](COCOCC[Si](C)(C)C)[C@]2(O1)C(=O)O[C@H](CO[Si](c1ccccc1)(c1ccccc1)C(C)(C)C)[C@@]2(O)/C=N/O[Si](c1ccccc1)(c1ccccc1)C(C)(C)C. The van der Waals surface area contributed by atoms with Crippen molar-refractivity contribution in [1.29, 1.82) is 0 Å². The van der Waals surface area contributed by atoms with Crippen LogP contribution in [-0.2, 0) is 37.4 Å². The fraction of sp³-hybridized carbons (Fsp3) is 0.469. The van der Waals surface area contributed by atoms with Crippen molar-refractivity contribution in [2.75, 3.05) is 26.6 Å². The minimum Gasteiger partial charge on any atom is -0.454 e. The molecule has 2 aliphatic rings. The van der Waals surface area contributed by atoms with Crippen LogP contribution in [0.3, 0.4) is 0 Å². The molecule has 334 valence electrons. The number of oxime groups is 1. The lowest BCUT2D eigenvalue weighted by Gasteiger charge is -2.44. The van der Waals surface area contributed by atoms with Crippen molar-refractivity contribution in [2.45, 2.75) is 120 Å². The van der Waals surface area contributed by atoms with Gasteiger partial charge >= 0.3 is 14.3 Å². The number of carbonyl (C=O) groups excluding carboxylic acids is 1. The minimum atomic E-state index is -3.27. The van der Waals surface area contributed by atoms with Crippen molar-refractivity contribution in [2.24, 2.45) is 5.16 Å². The van der Waals surface area contributed by atoms with E-state index in [-0.39, 0.29) is 20.0 Å². The maximum atomic E-state index is 14.8. The van der Waals surface area contributed by atoms with E-state index in [2.05, 4.69) is 110 Å². The van der Waals surface area contributed by atoms with Crippen molar-refractivity contribution in [3.05, 3.63) is 121 Å². The van der Waals surface area contributed by atoms with Crippen molar-refractivity contribution < 1.29 is 42.5 Å². The average Bonchev–Trinajstić information content (AvgIpc) is 3.62. The van der Waals surface area contributed by atoms with Gasteiger partial charge in [-0.05, 0) is 45.7 Å². The van der Waals surface area contributed by atoms with Crippen LogP contribution in [0.25, 0.3) is 0 Å². The normalized spacial score (nSPS) is 23.3. The Morgan fingerprint density at radius 1 is 0.677 bits per heavy atom. The van der Waals surface area contributed by atoms with Gasteiger partial charge < -0.3 is 37.7 Å². The summed E-state index contributed by atoms with van der Waals surface area (Å²) in [7, 11) is -7.80. The van der Waals surface area contributed by atoms with Crippen molar-refractivity contribution in [3.63, 3.8) is 0 Å². The van der Waals surface area contributed by atoms with Gasteiger partial charge in [0.1, 0.15) is 12.9 Å². The summed E-state index contributed by atoms with van der Waals surface area (Å²) in [5.41, 5.74) is -4.42. The molecule has 1 N–H and O–H groups in total. The Bertz CT molecular complexity index is 2030. The van der Waals surface area contributed by atoms with Crippen LogP contribution >= 0.6 is 0 Å². The first-order chi connectivity index (χ1) is 29.1. The summed E-state index contributed by atoms with van der Waals surface area (Å²) in [6.45, 7) is 23.4. The van der Waals surface area contributed by atoms with Crippen LogP contribution in [0.1, 0.15) is 55.4 Å². The van der Waals surface area contributed by atoms with Crippen LogP contribution in [0.5, 0.6) is 0 Å². The third-order valence-electron chi connectivity index (χ3n) is 12.1. The molecular formula is C49H67NO9Si3. The van der Waals surface area contributed by atoms with Gasteiger partial charge in [-0.15, -0.1) is 5.16 Å². The number of hydrogen-bond acceptors (Lipinski definition) is 10. The zero-order valence-electron chi connectivity index (χ0n) is 38.5. The second kappa shape index (κ2) is 18.4. The molecule has 0 aliphatic carbocycles. The van der Waals surface area contributed by atoms with Crippen LogP contribution in [0.15, 0.2) is 126 Å². The average molecular weight is 898 g/mol. The van der Waals surface area contributed by atoms with Crippen LogP contribution in [0.2, 0.25) is 35.8 Å². The van der Waals surface area contributed by atoms with Crippen LogP contribution in [0.4, 0.5) is 0 Å². The van der Waals surface area contributed by atoms with E-state index in [4.69, 9.17) is 37.8 Å². The molecule has 6 rings (SSSR count). The van der Waals surface area contributed by atoms with E-state index < -0.39 is 70.0 Å². The lowest BCUT2D eigenvalue weighted by Crippen LogP contribution is -2.69. The number of ether oxygens (including phenoxy) is 5. The lowest BCUT2D eigenvalue weighted by atomic mass is 9.78. The molecule has 1 spiro atoms. The third kappa shape index (κ3) is 9.24. The number of hydrogen-bond donors (Lipinski definition) is 1. The monoisotopic (exact) mass is 897 g/mol. The molecule has 0 unspecified atom stereocenters. The topological polar surface area (TPSA) is 114 Å². The zero-order chi connectivity index (χ0) is 45.1. The summed E-state index contributed by atoms with van der Waals surface area (Å²) in [6.07, 6.45) is -1.15. The Labute approximate surface area is 372 Å². The number of carbonyl (C=O) groups is 1. The maximum Gasteiger partial charge on any atom is 0.354 e. The van der Waals surface area contributed by atoms with Crippen molar-refractivity contribution in [3.8, 4) is 0 Å². The molecule has 2 saturated heterocycles.